The van der Waals surface area contributed by atoms with Crippen LogP contribution in [0.4, 0.5) is 0 Å². The Kier molecular flexibility index (Phi) is 5.12. The van der Waals surface area contributed by atoms with Crippen LogP contribution in [-0.2, 0) is 0 Å². The molecule has 0 bridgehead atoms. The van der Waals surface area contributed by atoms with Gasteiger partial charge in [-0.15, -0.1) is 0 Å². The first kappa shape index (κ1) is 12.0. The van der Waals surface area contributed by atoms with Gasteiger partial charge >= 0.3 is 0 Å². The van der Waals surface area contributed by atoms with Gasteiger partial charge in [-0.25, -0.2) is 4.99 Å². The molecule has 0 spiro atoms. The summed E-state index contributed by atoms with van der Waals surface area (Å²) in [6, 6.07) is 0. The quantitative estimate of drug-likeness (QED) is 0.766. The minimum absolute atomic E-state index is 0.205. The highest BCUT2D eigenvalue weighted by molar-refractivity contribution is 5.84. The molecule has 0 unspecified atom stereocenters. The second-order valence-corrected chi connectivity index (χ2v) is 3.49. The highest BCUT2D eigenvalue weighted by atomic mass is 16.2. The normalized spacial score (nSPS) is 15.7. The number of allylic oxidation sites excluding steroid dienone is 1. The van der Waals surface area contributed by atoms with Crippen LogP contribution in [0.2, 0.25) is 0 Å². The molecule has 1 aliphatic rings. The third kappa shape index (κ3) is 3.51. The molecule has 84 valence electrons. The Bertz CT molecular complexity index is 275. The molecule has 0 aromatic rings. The summed E-state index contributed by atoms with van der Waals surface area (Å²) >= 11 is 0. The van der Waals surface area contributed by atoms with E-state index in [1.807, 2.05) is 12.3 Å². The van der Waals surface area contributed by atoms with Crippen molar-refractivity contribution in [2.75, 3.05) is 19.7 Å². The summed E-state index contributed by atoms with van der Waals surface area (Å²) in [4.78, 5) is 6.68. The van der Waals surface area contributed by atoms with Crippen LogP contribution in [0.25, 0.3) is 0 Å². The van der Waals surface area contributed by atoms with E-state index in [-0.39, 0.29) is 6.61 Å². The first-order valence-electron chi connectivity index (χ1n) is 5.59. The topological polar surface area (TPSA) is 35.8 Å². The van der Waals surface area contributed by atoms with Crippen LogP contribution in [0.15, 0.2) is 28.9 Å². The first-order valence-corrected chi connectivity index (χ1v) is 5.59. The van der Waals surface area contributed by atoms with Crippen LogP contribution >= 0.6 is 0 Å². The molecule has 0 aliphatic carbocycles. The van der Waals surface area contributed by atoms with Crippen molar-refractivity contribution < 1.29 is 5.11 Å². The summed E-state index contributed by atoms with van der Waals surface area (Å²) in [6.45, 7) is 6.47. The SMILES string of the molecule is CCN(CC)C1=NC=CC(CCO)=CC1. The van der Waals surface area contributed by atoms with Gasteiger partial charge in [0.2, 0.25) is 0 Å². The summed E-state index contributed by atoms with van der Waals surface area (Å²) in [5.74, 6) is 1.11. The molecule has 0 atom stereocenters. The molecule has 0 saturated carbocycles. The average Bonchev–Trinajstić information content (AvgIpc) is 2.47. The molecule has 0 fully saturated rings. The van der Waals surface area contributed by atoms with Crippen molar-refractivity contribution >= 4 is 5.84 Å². The summed E-state index contributed by atoms with van der Waals surface area (Å²) in [5, 5.41) is 8.86. The fraction of sp³-hybridized carbons (Fsp3) is 0.583. The van der Waals surface area contributed by atoms with Crippen molar-refractivity contribution in [2.24, 2.45) is 4.99 Å². The molecular formula is C12H20N2O. The molecule has 1 rings (SSSR count). The molecule has 1 N–H and O–H groups in total. The van der Waals surface area contributed by atoms with Crippen molar-refractivity contribution in [3.05, 3.63) is 23.9 Å². The van der Waals surface area contributed by atoms with Gasteiger partial charge in [-0.1, -0.05) is 6.08 Å². The third-order valence-electron chi connectivity index (χ3n) is 2.59. The predicted molar refractivity (Wildman–Crippen MR) is 63.9 cm³/mol. The minimum Gasteiger partial charge on any atom is -0.396 e. The van der Waals surface area contributed by atoms with Gasteiger partial charge in [-0.3, -0.25) is 0 Å². The molecule has 15 heavy (non-hydrogen) atoms. The van der Waals surface area contributed by atoms with Crippen LogP contribution in [0.3, 0.4) is 0 Å². The molecule has 0 amide bonds. The van der Waals surface area contributed by atoms with Crippen molar-refractivity contribution in [2.45, 2.75) is 26.7 Å². The summed E-state index contributed by atoms with van der Waals surface area (Å²) in [6.07, 6.45) is 7.55. The smallest absolute Gasteiger partial charge is 0.108 e. The van der Waals surface area contributed by atoms with Crippen LogP contribution in [0, 0.1) is 0 Å². The molecule has 3 heteroatoms. The average molecular weight is 208 g/mol. The lowest BCUT2D eigenvalue weighted by Crippen LogP contribution is -2.29. The maximum absolute atomic E-state index is 8.86. The highest BCUT2D eigenvalue weighted by Gasteiger charge is 2.07. The number of rotatable bonds is 4. The lowest BCUT2D eigenvalue weighted by molar-refractivity contribution is 0.300. The van der Waals surface area contributed by atoms with Crippen molar-refractivity contribution in [3.8, 4) is 0 Å². The Morgan fingerprint density at radius 3 is 2.73 bits per heavy atom. The molecule has 0 aromatic carbocycles. The number of amidine groups is 1. The monoisotopic (exact) mass is 208 g/mol. The van der Waals surface area contributed by atoms with Gasteiger partial charge < -0.3 is 10.0 Å². The third-order valence-corrected chi connectivity index (χ3v) is 2.59. The molecule has 1 aliphatic heterocycles. The summed E-state index contributed by atoms with van der Waals surface area (Å²) in [7, 11) is 0. The second kappa shape index (κ2) is 6.40. The largest absolute Gasteiger partial charge is 0.396 e. The highest BCUT2D eigenvalue weighted by Crippen LogP contribution is 2.11. The Morgan fingerprint density at radius 1 is 1.40 bits per heavy atom. The number of nitrogens with zero attached hydrogens (tertiary/aromatic N) is 2. The summed E-state index contributed by atoms with van der Waals surface area (Å²) < 4.78 is 0. The van der Waals surface area contributed by atoms with Crippen molar-refractivity contribution in [1.82, 2.24) is 4.90 Å². The zero-order valence-electron chi connectivity index (χ0n) is 9.61. The number of aliphatic hydroxyl groups is 1. The lowest BCUT2D eigenvalue weighted by Gasteiger charge is -2.21. The maximum Gasteiger partial charge on any atom is 0.108 e. The Hall–Kier alpha value is -1.09. The molecule has 1 heterocycles. The van der Waals surface area contributed by atoms with Crippen molar-refractivity contribution in [1.29, 1.82) is 0 Å². The van der Waals surface area contributed by atoms with Crippen molar-refractivity contribution in [3.63, 3.8) is 0 Å². The first-order chi connectivity index (χ1) is 7.31. The van der Waals surface area contributed by atoms with Gasteiger partial charge in [0.05, 0.1) is 0 Å². The van der Waals surface area contributed by atoms with Gasteiger partial charge in [-0.2, -0.15) is 0 Å². The van der Waals surface area contributed by atoms with E-state index in [4.69, 9.17) is 5.11 Å². The second-order valence-electron chi connectivity index (χ2n) is 3.49. The fourth-order valence-electron chi connectivity index (χ4n) is 1.68. The zero-order valence-corrected chi connectivity index (χ0v) is 9.61. The van der Waals surface area contributed by atoms with Crippen LogP contribution < -0.4 is 0 Å². The van der Waals surface area contributed by atoms with E-state index >= 15 is 0 Å². The van der Waals surface area contributed by atoms with Crippen LogP contribution in [0.1, 0.15) is 26.7 Å². The Morgan fingerprint density at radius 2 is 2.13 bits per heavy atom. The Balaban J connectivity index is 2.65. The summed E-state index contributed by atoms with van der Waals surface area (Å²) in [5.41, 5.74) is 1.17. The van der Waals surface area contributed by atoms with E-state index in [0.717, 1.165) is 31.8 Å². The van der Waals surface area contributed by atoms with Crippen LogP contribution in [0.5, 0.6) is 0 Å². The maximum atomic E-state index is 8.86. The zero-order chi connectivity index (χ0) is 11.1. The van der Waals surface area contributed by atoms with Crippen LogP contribution in [-0.4, -0.2) is 35.5 Å². The van der Waals surface area contributed by atoms with Gasteiger partial charge in [0.25, 0.3) is 0 Å². The van der Waals surface area contributed by atoms with Gasteiger partial charge in [-0.05, 0) is 31.9 Å². The predicted octanol–water partition coefficient (Wildman–Crippen LogP) is 1.95. The van der Waals surface area contributed by atoms with Gasteiger partial charge in [0.1, 0.15) is 5.84 Å². The number of hydrogen-bond donors (Lipinski definition) is 1. The van der Waals surface area contributed by atoms with E-state index in [0.29, 0.717) is 0 Å². The molecule has 3 nitrogen and oxygen atoms in total. The molecule has 0 radical (unpaired) electrons. The van der Waals surface area contributed by atoms with E-state index in [2.05, 4.69) is 29.8 Å². The number of aliphatic imine (C=N–C) groups is 1. The van der Waals surface area contributed by atoms with Gasteiger partial charge in [0.15, 0.2) is 0 Å². The van der Waals surface area contributed by atoms with E-state index in [1.165, 1.54) is 5.57 Å². The van der Waals surface area contributed by atoms with Gasteiger partial charge in [0, 0.05) is 32.3 Å². The Labute approximate surface area is 91.8 Å². The van der Waals surface area contributed by atoms with E-state index < -0.39 is 0 Å². The molecule has 0 saturated heterocycles. The standard InChI is InChI=1S/C12H20N2O/c1-3-14(4-2)12-6-5-11(8-10-15)7-9-13-12/h5,7,9,15H,3-4,6,8,10H2,1-2H3. The number of hydrogen-bond acceptors (Lipinski definition) is 3. The fourth-order valence-corrected chi connectivity index (χ4v) is 1.68. The van der Waals surface area contributed by atoms with E-state index in [1.54, 1.807) is 0 Å². The molecular weight excluding hydrogens is 188 g/mol. The minimum atomic E-state index is 0.205. The van der Waals surface area contributed by atoms with E-state index in [9.17, 15) is 0 Å². The molecule has 0 aromatic heterocycles. The lowest BCUT2D eigenvalue weighted by atomic mass is 10.1. The number of aliphatic hydroxyl groups excluding tert-OH is 1.